The minimum atomic E-state index is 0.0748. The van der Waals surface area contributed by atoms with Crippen molar-refractivity contribution < 1.29 is 9.59 Å². The second-order valence-corrected chi connectivity index (χ2v) is 7.76. The van der Waals surface area contributed by atoms with Crippen LogP contribution in [0.4, 0.5) is 5.69 Å². The van der Waals surface area contributed by atoms with Gasteiger partial charge in [-0.25, -0.2) is 0 Å². The number of carbonyl (C=O) groups is 2. The monoisotopic (exact) mass is 408 g/mol. The van der Waals surface area contributed by atoms with Crippen molar-refractivity contribution in [2.75, 3.05) is 18.0 Å². The first-order chi connectivity index (χ1) is 14.7. The third-order valence-electron chi connectivity index (χ3n) is 5.21. The number of rotatable bonds is 14. The van der Waals surface area contributed by atoms with Gasteiger partial charge in [-0.05, 0) is 30.5 Å². The number of nitrogens with zero attached hydrogens (tertiary/aromatic N) is 1. The van der Waals surface area contributed by atoms with E-state index < -0.39 is 0 Å². The van der Waals surface area contributed by atoms with Gasteiger partial charge < -0.3 is 10.2 Å². The number of hydrogen-bond donors (Lipinski definition) is 1. The third kappa shape index (κ3) is 9.25. The molecule has 2 aromatic rings. The molecule has 0 aromatic heterocycles. The van der Waals surface area contributed by atoms with Gasteiger partial charge in [0.2, 0.25) is 11.8 Å². The first kappa shape index (κ1) is 23.7. The summed E-state index contributed by atoms with van der Waals surface area (Å²) in [5.74, 6) is 0.193. The first-order valence-corrected chi connectivity index (χ1v) is 11.4. The van der Waals surface area contributed by atoms with Gasteiger partial charge >= 0.3 is 0 Å². The Labute approximate surface area is 181 Å². The summed E-state index contributed by atoms with van der Waals surface area (Å²) in [6, 6.07) is 19.6. The standard InChI is InChI=1S/C26H36N2O2/c1-2-3-4-5-6-13-19-25(29)27-20-14-21-28(24-17-11-8-12-18-24)26(30)22-23-15-9-7-10-16-23/h7-12,15-18H,2-6,13-14,19-22H2,1H3,(H,27,29). The maximum absolute atomic E-state index is 12.9. The summed E-state index contributed by atoms with van der Waals surface area (Å²) < 4.78 is 0. The molecule has 2 aromatic carbocycles. The van der Waals surface area contributed by atoms with Crippen molar-refractivity contribution in [2.45, 2.75) is 64.7 Å². The van der Waals surface area contributed by atoms with Crippen LogP contribution in [0, 0.1) is 0 Å². The van der Waals surface area contributed by atoms with Crippen LogP contribution in [0.5, 0.6) is 0 Å². The lowest BCUT2D eigenvalue weighted by atomic mass is 10.1. The number of unbranched alkanes of at least 4 members (excludes halogenated alkanes) is 5. The second-order valence-electron chi connectivity index (χ2n) is 7.76. The Morgan fingerprint density at radius 2 is 1.43 bits per heavy atom. The Morgan fingerprint density at radius 3 is 2.13 bits per heavy atom. The topological polar surface area (TPSA) is 49.4 Å². The second kappa shape index (κ2) is 14.4. The Morgan fingerprint density at radius 1 is 0.800 bits per heavy atom. The molecule has 0 bridgehead atoms. The van der Waals surface area contributed by atoms with Crippen molar-refractivity contribution in [3.05, 3.63) is 66.2 Å². The Bertz CT molecular complexity index is 731. The number of benzene rings is 2. The van der Waals surface area contributed by atoms with Gasteiger partial charge in [0, 0.05) is 25.2 Å². The van der Waals surface area contributed by atoms with E-state index in [9.17, 15) is 9.59 Å². The minimum absolute atomic E-state index is 0.0748. The van der Waals surface area contributed by atoms with Crippen LogP contribution in [0.1, 0.15) is 63.9 Å². The predicted molar refractivity (Wildman–Crippen MR) is 125 cm³/mol. The number of hydrogen-bond acceptors (Lipinski definition) is 2. The van der Waals surface area contributed by atoms with Crippen molar-refractivity contribution >= 4 is 17.5 Å². The molecule has 2 amide bonds. The number of carbonyl (C=O) groups excluding carboxylic acids is 2. The molecular formula is C26H36N2O2. The van der Waals surface area contributed by atoms with E-state index in [0.29, 0.717) is 25.9 Å². The molecule has 0 unspecified atom stereocenters. The van der Waals surface area contributed by atoms with E-state index in [1.807, 2.05) is 65.6 Å². The van der Waals surface area contributed by atoms with Gasteiger partial charge in [0.15, 0.2) is 0 Å². The fourth-order valence-electron chi connectivity index (χ4n) is 3.49. The smallest absolute Gasteiger partial charge is 0.231 e. The number of para-hydroxylation sites is 1. The molecule has 4 heteroatoms. The van der Waals surface area contributed by atoms with Gasteiger partial charge in [0.05, 0.1) is 6.42 Å². The molecule has 2 rings (SSSR count). The highest BCUT2D eigenvalue weighted by Crippen LogP contribution is 2.16. The highest BCUT2D eigenvalue weighted by atomic mass is 16.2. The molecule has 0 fully saturated rings. The summed E-state index contributed by atoms with van der Waals surface area (Å²) in [6.07, 6.45) is 8.81. The lowest BCUT2D eigenvalue weighted by Crippen LogP contribution is -2.35. The number of amides is 2. The van der Waals surface area contributed by atoms with E-state index in [1.165, 1.54) is 25.7 Å². The van der Waals surface area contributed by atoms with Gasteiger partial charge in [0.1, 0.15) is 0 Å². The highest BCUT2D eigenvalue weighted by molar-refractivity contribution is 5.94. The van der Waals surface area contributed by atoms with Crippen LogP contribution in [-0.4, -0.2) is 24.9 Å². The van der Waals surface area contributed by atoms with Gasteiger partial charge in [-0.15, -0.1) is 0 Å². The van der Waals surface area contributed by atoms with Gasteiger partial charge in [-0.2, -0.15) is 0 Å². The van der Waals surface area contributed by atoms with E-state index in [2.05, 4.69) is 12.2 Å². The zero-order valence-electron chi connectivity index (χ0n) is 18.3. The van der Waals surface area contributed by atoms with Crippen molar-refractivity contribution in [1.82, 2.24) is 5.32 Å². The number of nitrogens with one attached hydrogen (secondary N) is 1. The van der Waals surface area contributed by atoms with Crippen molar-refractivity contribution in [3.63, 3.8) is 0 Å². The molecule has 0 saturated carbocycles. The molecule has 0 aliphatic rings. The van der Waals surface area contributed by atoms with Crippen LogP contribution >= 0.6 is 0 Å². The lowest BCUT2D eigenvalue weighted by molar-refractivity contribution is -0.121. The van der Waals surface area contributed by atoms with Crippen LogP contribution in [0.25, 0.3) is 0 Å². The average Bonchev–Trinajstić information content (AvgIpc) is 2.77. The molecule has 0 radical (unpaired) electrons. The fourth-order valence-corrected chi connectivity index (χ4v) is 3.49. The Kier molecular flexibility index (Phi) is 11.3. The Hall–Kier alpha value is -2.62. The van der Waals surface area contributed by atoms with E-state index in [-0.39, 0.29) is 11.8 Å². The molecule has 1 N–H and O–H groups in total. The molecule has 0 atom stereocenters. The third-order valence-corrected chi connectivity index (χ3v) is 5.21. The summed E-state index contributed by atoms with van der Waals surface area (Å²) in [4.78, 5) is 26.8. The van der Waals surface area contributed by atoms with E-state index >= 15 is 0 Å². The van der Waals surface area contributed by atoms with Crippen LogP contribution < -0.4 is 10.2 Å². The van der Waals surface area contributed by atoms with Crippen LogP contribution in [0.2, 0.25) is 0 Å². The van der Waals surface area contributed by atoms with Gasteiger partial charge in [-0.3, -0.25) is 9.59 Å². The van der Waals surface area contributed by atoms with Crippen LogP contribution in [-0.2, 0) is 16.0 Å². The van der Waals surface area contributed by atoms with E-state index in [0.717, 1.165) is 30.5 Å². The zero-order valence-corrected chi connectivity index (χ0v) is 18.3. The number of anilines is 1. The fraction of sp³-hybridized carbons (Fsp3) is 0.462. The summed E-state index contributed by atoms with van der Waals surface area (Å²) in [7, 11) is 0. The highest BCUT2D eigenvalue weighted by Gasteiger charge is 2.15. The van der Waals surface area contributed by atoms with Gasteiger partial charge in [0.25, 0.3) is 0 Å². The van der Waals surface area contributed by atoms with E-state index in [4.69, 9.17) is 0 Å². The van der Waals surface area contributed by atoms with Crippen molar-refractivity contribution in [2.24, 2.45) is 0 Å². The Balaban J connectivity index is 1.75. The predicted octanol–water partition coefficient (Wildman–Crippen LogP) is 5.52. The molecular weight excluding hydrogens is 372 g/mol. The average molecular weight is 409 g/mol. The lowest BCUT2D eigenvalue weighted by Gasteiger charge is -2.23. The quantitative estimate of drug-likeness (QED) is 0.419. The van der Waals surface area contributed by atoms with Crippen LogP contribution in [0.15, 0.2) is 60.7 Å². The summed E-state index contributed by atoms with van der Waals surface area (Å²) in [5, 5.41) is 3.00. The molecule has 4 nitrogen and oxygen atoms in total. The molecule has 0 saturated heterocycles. The van der Waals surface area contributed by atoms with Crippen LogP contribution in [0.3, 0.4) is 0 Å². The summed E-state index contributed by atoms with van der Waals surface area (Å²) >= 11 is 0. The first-order valence-electron chi connectivity index (χ1n) is 11.4. The molecule has 0 aliphatic heterocycles. The van der Waals surface area contributed by atoms with Crippen molar-refractivity contribution in [3.8, 4) is 0 Å². The molecule has 0 spiro atoms. The summed E-state index contributed by atoms with van der Waals surface area (Å²) in [6.45, 7) is 3.39. The zero-order chi connectivity index (χ0) is 21.4. The summed E-state index contributed by atoms with van der Waals surface area (Å²) in [5.41, 5.74) is 1.91. The normalized spacial score (nSPS) is 10.6. The SMILES string of the molecule is CCCCCCCCC(=O)NCCCN(C(=O)Cc1ccccc1)c1ccccc1. The largest absolute Gasteiger partial charge is 0.356 e. The maximum atomic E-state index is 12.9. The minimum Gasteiger partial charge on any atom is -0.356 e. The molecule has 162 valence electrons. The molecule has 0 aliphatic carbocycles. The van der Waals surface area contributed by atoms with E-state index in [1.54, 1.807) is 0 Å². The molecule has 30 heavy (non-hydrogen) atoms. The van der Waals surface area contributed by atoms with Gasteiger partial charge in [-0.1, -0.05) is 87.6 Å². The maximum Gasteiger partial charge on any atom is 0.231 e. The molecule has 0 heterocycles. The van der Waals surface area contributed by atoms with Crippen molar-refractivity contribution in [1.29, 1.82) is 0 Å².